The van der Waals surface area contributed by atoms with Gasteiger partial charge in [-0.2, -0.15) is 0 Å². The number of carbonyl (C=O) groups excluding carboxylic acids is 1. The van der Waals surface area contributed by atoms with Crippen molar-refractivity contribution in [3.63, 3.8) is 0 Å². The normalized spacial score (nSPS) is 15.6. The quantitative estimate of drug-likeness (QED) is 0.358. The summed E-state index contributed by atoms with van der Waals surface area (Å²) >= 11 is 1.31. The number of benzene rings is 1. The van der Waals surface area contributed by atoms with E-state index in [-0.39, 0.29) is 24.4 Å². The number of aromatic nitrogens is 5. The van der Waals surface area contributed by atoms with Crippen LogP contribution >= 0.6 is 11.8 Å². The van der Waals surface area contributed by atoms with E-state index in [0.717, 1.165) is 30.4 Å². The Morgan fingerprint density at radius 2 is 2.21 bits per heavy atom. The van der Waals surface area contributed by atoms with Crippen molar-refractivity contribution in [1.82, 2.24) is 24.9 Å². The van der Waals surface area contributed by atoms with Crippen molar-refractivity contribution < 1.29 is 18.8 Å². The molecule has 1 aromatic carbocycles. The molecule has 3 aromatic heterocycles. The first-order valence-electron chi connectivity index (χ1n) is 11.0. The molecule has 10 nitrogen and oxygen atoms in total. The second-order valence-electron chi connectivity index (χ2n) is 7.92. The molecule has 4 aromatic rings. The van der Waals surface area contributed by atoms with Crippen molar-refractivity contribution in [2.24, 2.45) is 0 Å². The molecule has 1 saturated heterocycles. The molecule has 11 heteroatoms. The van der Waals surface area contributed by atoms with Crippen LogP contribution in [0.4, 0.5) is 5.82 Å². The standard InChI is InChI=1S/C23H24N6O4S/c1-15-11-19(28-33-15)25-21(30)14-34-23-27-26-20(29(23)12-17-7-4-10-31-17)13-32-18-8-2-5-16-6-3-9-24-22(16)18/h2-3,5-6,8-9,11,17H,4,7,10,12-14H2,1H3,(H,25,28,30)/t17-/m0/s1. The maximum atomic E-state index is 12.4. The first-order valence-corrected chi connectivity index (χ1v) is 12.0. The third kappa shape index (κ3) is 5.20. The molecule has 0 aliphatic carbocycles. The van der Waals surface area contributed by atoms with E-state index in [2.05, 4.69) is 25.7 Å². The van der Waals surface area contributed by atoms with Crippen LogP contribution in [0.1, 0.15) is 24.4 Å². The van der Waals surface area contributed by atoms with Gasteiger partial charge in [0.1, 0.15) is 23.6 Å². The van der Waals surface area contributed by atoms with Gasteiger partial charge in [0, 0.05) is 24.3 Å². The Balaban J connectivity index is 1.29. The number of para-hydroxylation sites is 1. The fourth-order valence-corrected chi connectivity index (χ4v) is 4.54. The third-order valence-corrected chi connectivity index (χ3v) is 6.35. The fourth-order valence-electron chi connectivity index (χ4n) is 3.78. The lowest BCUT2D eigenvalue weighted by molar-refractivity contribution is -0.113. The number of hydrogen-bond donors (Lipinski definition) is 1. The topological polar surface area (TPSA) is 117 Å². The molecule has 0 bridgehead atoms. The molecule has 1 aliphatic heterocycles. The van der Waals surface area contributed by atoms with Gasteiger partial charge in [0.2, 0.25) is 5.91 Å². The first-order chi connectivity index (χ1) is 16.7. The molecule has 1 aliphatic rings. The minimum atomic E-state index is -0.204. The minimum Gasteiger partial charge on any atom is -0.483 e. The van der Waals surface area contributed by atoms with Gasteiger partial charge in [-0.3, -0.25) is 9.78 Å². The number of rotatable bonds is 9. The molecule has 34 heavy (non-hydrogen) atoms. The monoisotopic (exact) mass is 480 g/mol. The van der Waals surface area contributed by atoms with Crippen LogP contribution in [0.15, 0.2) is 52.3 Å². The number of nitrogens with zero attached hydrogens (tertiary/aromatic N) is 5. The van der Waals surface area contributed by atoms with Gasteiger partial charge in [-0.05, 0) is 31.9 Å². The van der Waals surface area contributed by atoms with Gasteiger partial charge in [-0.25, -0.2) is 0 Å². The van der Waals surface area contributed by atoms with E-state index in [1.165, 1.54) is 11.8 Å². The number of amides is 1. The van der Waals surface area contributed by atoms with E-state index in [9.17, 15) is 4.79 Å². The van der Waals surface area contributed by atoms with Gasteiger partial charge < -0.3 is 23.9 Å². The van der Waals surface area contributed by atoms with Crippen molar-refractivity contribution in [2.75, 3.05) is 17.7 Å². The SMILES string of the molecule is Cc1cc(NC(=O)CSc2nnc(COc3cccc4cccnc34)n2C[C@@H]2CCCO2)no1. The Morgan fingerprint density at radius 1 is 1.29 bits per heavy atom. The molecule has 1 amide bonds. The van der Waals surface area contributed by atoms with Crippen molar-refractivity contribution in [3.8, 4) is 5.75 Å². The minimum absolute atomic E-state index is 0.0836. The average molecular weight is 481 g/mol. The number of pyridine rings is 1. The van der Waals surface area contributed by atoms with Crippen LogP contribution in [0, 0.1) is 6.92 Å². The van der Waals surface area contributed by atoms with E-state index >= 15 is 0 Å². The predicted octanol–water partition coefficient (Wildman–Crippen LogP) is 3.61. The second kappa shape index (κ2) is 10.2. The molecule has 1 fully saturated rings. The number of ether oxygens (including phenoxy) is 2. The van der Waals surface area contributed by atoms with Gasteiger partial charge in [-0.15, -0.1) is 10.2 Å². The average Bonchev–Trinajstić information content (AvgIpc) is 3.59. The Bertz CT molecular complexity index is 1280. The number of fused-ring (bicyclic) bond motifs is 1. The smallest absolute Gasteiger partial charge is 0.236 e. The zero-order chi connectivity index (χ0) is 23.3. The third-order valence-electron chi connectivity index (χ3n) is 5.38. The Kier molecular flexibility index (Phi) is 6.72. The highest BCUT2D eigenvalue weighted by Crippen LogP contribution is 2.26. The summed E-state index contributed by atoms with van der Waals surface area (Å²) in [6.07, 6.45) is 3.83. The number of nitrogens with one attached hydrogen (secondary N) is 1. The first kappa shape index (κ1) is 22.4. The molecule has 176 valence electrons. The largest absolute Gasteiger partial charge is 0.483 e. The fraction of sp³-hybridized carbons (Fsp3) is 0.348. The number of thioether (sulfide) groups is 1. The van der Waals surface area contributed by atoms with E-state index in [1.807, 2.05) is 34.9 Å². The maximum Gasteiger partial charge on any atom is 0.236 e. The van der Waals surface area contributed by atoms with E-state index < -0.39 is 0 Å². The van der Waals surface area contributed by atoms with Crippen molar-refractivity contribution in [1.29, 1.82) is 0 Å². The van der Waals surface area contributed by atoms with E-state index in [1.54, 1.807) is 19.2 Å². The summed E-state index contributed by atoms with van der Waals surface area (Å²) in [6.45, 7) is 3.34. The molecule has 4 heterocycles. The lowest BCUT2D eigenvalue weighted by Crippen LogP contribution is -2.19. The van der Waals surface area contributed by atoms with Gasteiger partial charge in [0.05, 0.1) is 18.4 Å². The Morgan fingerprint density at radius 3 is 3.03 bits per heavy atom. The van der Waals surface area contributed by atoms with Crippen LogP contribution in [-0.2, 0) is 22.7 Å². The highest BCUT2D eigenvalue weighted by atomic mass is 32.2. The summed E-state index contributed by atoms with van der Waals surface area (Å²) < 4.78 is 18.9. The molecule has 0 radical (unpaired) electrons. The molecule has 0 spiro atoms. The van der Waals surface area contributed by atoms with Crippen LogP contribution in [0.5, 0.6) is 5.75 Å². The van der Waals surface area contributed by atoms with Crippen LogP contribution in [0.2, 0.25) is 0 Å². The predicted molar refractivity (Wildman–Crippen MR) is 126 cm³/mol. The molecule has 0 unspecified atom stereocenters. The number of anilines is 1. The summed E-state index contributed by atoms with van der Waals surface area (Å²) in [5.74, 6) is 2.32. The summed E-state index contributed by atoms with van der Waals surface area (Å²) in [7, 11) is 0. The Labute approximate surface area is 200 Å². The number of aryl methyl sites for hydroxylation is 1. The van der Waals surface area contributed by atoms with Gasteiger partial charge in [0.15, 0.2) is 16.8 Å². The van der Waals surface area contributed by atoms with E-state index in [4.69, 9.17) is 14.0 Å². The second-order valence-corrected chi connectivity index (χ2v) is 8.87. The summed E-state index contributed by atoms with van der Waals surface area (Å²) in [5.41, 5.74) is 0.796. The van der Waals surface area contributed by atoms with Crippen LogP contribution in [0.25, 0.3) is 10.9 Å². The van der Waals surface area contributed by atoms with Crippen LogP contribution < -0.4 is 10.1 Å². The van der Waals surface area contributed by atoms with Crippen LogP contribution in [-0.4, -0.2) is 49.3 Å². The van der Waals surface area contributed by atoms with Crippen molar-refractivity contribution in [2.45, 2.75) is 44.2 Å². The maximum absolute atomic E-state index is 12.4. The van der Waals surface area contributed by atoms with Gasteiger partial charge in [0.25, 0.3) is 0 Å². The lowest BCUT2D eigenvalue weighted by Gasteiger charge is -2.15. The van der Waals surface area contributed by atoms with Gasteiger partial charge >= 0.3 is 0 Å². The highest BCUT2D eigenvalue weighted by Gasteiger charge is 2.22. The molecule has 1 N–H and O–H groups in total. The summed E-state index contributed by atoms with van der Waals surface area (Å²) in [5, 5.41) is 16.8. The molecule has 1 atom stereocenters. The number of hydrogen-bond acceptors (Lipinski definition) is 9. The molecule has 5 rings (SSSR count). The van der Waals surface area contributed by atoms with Gasteiger partial charge in [-0.1, -0.05) is 35.1 Å². The number of carbonyl (C=O) groups is 1. The zero-order valence-electron chi connectivity index (χ0n) is 18.6. The highest BCUT2D eigenvalue weighted by molar-refractivity contribution is 7.99. The molecule has 0 saturated carbocycles. The lowest BCUT2D eigenvalue weighted by atomic mass is 10.2. The molecular weight excluding hydrogens is 456 g/mol. The molecular formula is C23H24N6O4S. The zero-order valence-corrected chi connectivity index (χ0v) is 19.5. The van der Waals surface area contributed by atoms with Crippen molar-refractivity contribution >= 4 is 34.4 Å². The summed E-state index contributed by atoms with van der Waals surface area (Å²) in [4.78, 5) is 16.8. The van der Waals surface area contributed by atoms with Crippen LogP contribution in [0.3, 0.4) is 0 Å². The van der Waals surface area contributed by atoms with E-state index in [0.29, 0.717) is 34.9 Å². The summed E-state index contributed by atoms with van der Waals surface area (Å²) in [6, 6.07) is 11.4. The Hall–Kier alpha value is -3.44. The van der Waals surface area contributed by atoms with Crippen molar-refractivity contribution in [3.05, 3.63) is 54.2 Å².